The molecule has 0 amide bonds. The summed E-state index contributed by atoms with van der Waals surface area (Å²) in [7, 11) is 1.33. The van der Waals surface area contributed by atoms with Crippen LogP contribution in [-0.2, 0) is 27.1 Å². The topological polar surface area (TPSA) is 27.7 Å². The van der Waals surface area contributed by atoms with Crippen LogP contribution < -0.4 is 0 Å². The average Bonchev–Trinajstić information content (AvgIpc) is 2.59. The van der Waals surface area contributed by atoms with Crippen molar-refractivity contribution in [2.24, 2.45) is 0 Å². The zero-order chi connectivity index (χ0) is 15.5. The second-order valence-corrected chi connectivity index (χ2v) is 6.85. The molecule has 0 radical (unpaired) electrons. The second-order valence-electron chi connectivity index (χ2n) is 5.16. The van der Waals surface area contributed by atoms with E-state index < -0.39 is 9.76 Å². The van der Waals surface area contributed by atoms with Gasteiger partial charge in [0.05, 0.1) is 13.2 Å². The molecule has 3 nitrogen and oxygen atoms in total. The van der Waals surface area contributed by atoms with Crippen LogP contribution >= 0.6 is 0 Å². The van der Waals surface area contributed by atoms with Crippen molar-refractivity contribution in [1.82, 2.24) is 0 Å². The molecule has 0 atom stereocenters. The first kappa shape index (κ1) is 16.9. The van der Waals surface area contributed by atoms with E-state index in [1.807, 2.05) is 36.4 Å². The minimum Gasteiger partial charge on any atom is -0.427 e. The summed E-state index contributed by atoms with van der Waals surface area (Å²) in [6.45, 7) is 1.16. The van der Waals surface area contributed by atoms with Gasteiger partial charge in [-0.3, -0.25) is 0 Å². The molecule has 0 bridgehead atoms. The number of hydrogen-bond acceptors (Lipinski definition) is 3. The molecule has 0 spiro atoms. The largest absolute Gasteiger partial charge is 0.427 e. The fraction of sp³-hybridized carbons (Fsp3) is 0.333. The molecule has 0 aliphatic carbocycles. The van der Waals surface area contributed by atoms with E-state index in [4.69, 9.17) is 13.9 Å². The molecule has 0 aliphatic rings. The van der Waals surface area contributed by atoms with Gasteiger partial charge < -0.3 is 13.9 Å². The zero-order valence-corrected chi connectivity index (χ0v) is 14.5. The Morgan fingerprint density at radius 1 is 0.818 bits per heavy atom. The van der Waals surface area contributed by atoms with Crippen molar-refractivity contribution in [2.75, 3.05) is 7.11 Å². The summed E-state index contributed by atoms with van der Waals surface area (Å²) in [5.74, 6) is 0. The van der Waals surface area contributed by atoms with Gasteiger partial charge in [0.25, 0.3) is 0 Å². The number of hydrogen-bond donors (Lipinski definition) is 0. The van der Waals surface area contributed by atoms with Gasteiger partial charge in [-0.2, -0.15) is 0 Å². The summed E-state index contributed by atoms with van der Waals surface area (Å²) in [5.41, 5.74) is 2.33. The van der Waals surface area contributed by atoms with Crippen LogP contribution in [0.5, 0.6) is 0 Å². The SMILES string of the molecule is CO[SiH2]CCC(OCc1ccccc1)OCc1ccccc1. The maximum atomic E-state index is 5.94. The van der Waals surface area contributed by atoms with E-state index in [2.05, 4.69) is 24.3 Å². The second kappa shape index (κ2) is 10.3. The van der Waals surface area contributed by atoms with Crippen molar-refractivity contribution in [1.29, 1.82) is 0 Å². The van der Waals surface area contributed by atoms with Crippen molar-refractivity contribution in [3.05, 3.63) is 71.8 Å². The van der Waals surface area contributed by atoms with Crippen molar-refractivity contribution in [3.63, 3.8) is 0 Å². The van der Waals surface area contributed by atoms with E-state index >= 15 is 0 Å². The molecule has 118 valence electrons. The van der Waals surface area contributed by atoms with Crippen LogP contribution in [0, 0.1) is 0 Å². The van der Waals surface area contributed by atoms with Gasteiger partial charge in [-0.05, 0) is 23.6 Å². The van der Waals surface area contributed by atoms with Crippen molar-refractivity contribution in [2.45, 2.75) is 32.0 Å². The van der Waals surface area contributed by atoms with Gasteiger partial charge in [0.15, 0.2) is 16.1 Å². The van der Waals surface area contributed by atoms with Crippen LogP contribution in [-0.4, -0.2) is 23.2 Å². The van der Waals surface area contributed by atoms with E-state index in [9.17, 15) is 0 Å². The van der Waals surface area contributed by atoms with Crippen molar-refractivity contribution >= 4 is 9.76 Å². The molecular weight excluding hydrogens is 292 g/mol. The lowest BCUT2D eigenvalue weighted by molar-refractivity contribution is -0.157. The van der Waals surface area contributed by atoms with Gasteiger partial charge in [-0.1, -0.05) is 60.7 Å². The normalized spacial score (nSPS) is 11.5. The highest BCUT2D eigenvalue weighted by Crippen LogP contribution is 2.12. The molecule has 0 unspecified atom stereocenters. The molecule has 0 saturated carbocycles. The zero-order valence-electron chi connectivity index (χ0n) is 13.1. The van der Waals surface area contributed by atoms with Crippen LogP contribution in [0.15, 0.2) is 60.7 Å². The molecular formula is C18H24O3Si. The predicted molar refractivity (Wildman–Crippen MR) is 91.2 cm³/mol. The van der Waals surface area contributed by atoms with Crippen molar-refractivity contribution in [3.8, 4) is 0 Å². The Morgan fingerprint density at radius 3 is 1.77 bits per heavy atom. The minimum atomic E-state index is -0.441. The van der Waals surface area contributed by atoms with E-state index in [-0.39, 0.29) is 6.29 Å². The van der Waals surface area contributed by atoms with Gasteiger partial charge in [-0.25, -0.2) is 0 Å². The standard InChI is InChI=1S/C18H24O3Si/c1-19-22-13-12-18(20-14-16-8-4-2-5-9-16)21-15-17-10-6-3-7-11-17/h2-11,18H,12-15,22H2,1H3. The summed E-state index contributed by atoms with van der Waals surface area (Å²) >= 11 is 0. The molecule has 2 rings (SSSR count). The maximum absolute atomic E-state index is 5.94. The summed E-state index contributed by atoms with van der Waals surface area (Å²) in [5, 5.41) is 0. The molecule has 2 aromatic rings. The Kier molecular flexibility index (Phi) is 7.91. The molecule has 0 aromatic heterocycles. The third-order valence-corrected chi connectivity index (χ3v) is 4.45. The van der Waals surface area contributed by atoms with Crippen LogP contribution in [0.1, 0.15) is 17.5 Å². The Balaban J connectivity index is 1.82. The molecule has 22 heavy (non-hydrogen) atoms. The highest BCUT2D eigenvalue weighted by molar-refractivity contribution is 6.26. The smallest absolute Gasteiger partial charge is 0.161 e. The number of benzene rings is 2. The van der Waals surface area contributed by atoms with E-state index in [0.717, 1.165) is 12.5 Å². The summed E-state index contributed by atoms with van der Waals surface area (Å²) in [4.78, 5) is 0. The third kappa shape index (κ3) is 6.53. The predicted octanol–water partition coefficient (Wildman–Crippen LogP) is 3.28. The first-order valence-corrected chi connectivity index (χ1v) is 9.26. The van der Waals surface area contributed by atoms with Gasteiger partial charge in [0.2, 0.25) is 0 Å². The first-order valence-electron chi connectivity index (χ1n) is 7.68. The first-order chi connectivity index (χ1) is 10.9. The third-order valence-electron chi connectivity index (χ3n) is 3.35. The Bertz CT molecular complexity index is 461. The fourth-order valence-corrected chi connectivity index (χ4v) is 2.92. The Labute approximate surface area is 135 Å². The van der Waals surface area contributed by atoms with Crippen LogP contribution in [0.25, 0.3) is 0 Å². The van der Waals surface area contributed by atoms with E-state index in [1.54, 1.807) is 7.11 Å². The van der Waals surface area contributed by atoms with Gasteiger partial charge in [0, 0.05) is 7.11 Å². The van der Waals surface area contributed by atoms with E-state index in [1.165, 1.54) is 11.1 Å². The lowest BCUT2D eigenvalue weighted by Crippen LogP contribution is -2.18. The molecule has 0 saturated heterocycles. The maximum Gasteiger partial charge on any atom is 0.161 e. The number of ether oxygens (including phenoxy) is 2. The van der Waals surface area contributed by atoms with Crippen molar-refractivity contribution < 1.29 is 13.9 Å². The molecule has 2 aromatic carbocycles. The molecule has 4 heteroatoms. The monoisotopic (exact) mass is 316 g/mol. The molecule has 0 fully saturated rings. The minimum absolute atomic E-state index is 0.178. The number of rotatable bonds is 10. The lowest BCUT2D eigenvalue weighted by atomic mass is 10.2. The van der Waals surface area contributed by atoms with Gasteiger partial charge >= 0.3 is 0 Å². The highest BCUT2D eigenvalue weighted by atomic mass is 28.2. The Hall–Kier alpha value is -1.46. The van der Waals surface area contributed by atoms with Gasteiger partial charge in [0.1, 0.15) is 0 Å². The summed E-state index contributed by atoms with van der Waals surface area (Å²) in [6, 6.07) is 21.4. The quantitative estimate of drug-likeness (QED) is 0.382. The summed E-state index contributed by atoms with van der Waals surface area (Å²) < 4.78 is 17.1. The van der Waals surface area contributed by atoms with Gasteiger partial charge in [-0.15, -0.1) is 0 Å². The van der Waals surface area contributed by atoms with Crippen LogP contribution in [0.4, 0.5) is 0 Å². The molecule has 0 heterocycles. The molecule has 0 N–H and O–H groups in total. The van der Waals surface area contributed by atoms with E-state index in [0.29, 0.717) is 13.2 Å². The average molecular weight is 316 g/mol. The molecule has 0 aliphatic heterocycles. The fourth-order valence-electron chi connectivity index (χ4n) is 2.14. The highest BCUT2D eigenvalue weighted by Gasteiger charge is 2.10. The van der Waals surface area contributed by atoms with Crippen LogP contribution in [0.3, 0.4) is 0 Å². The lowest BCUT2D eigenvalue weighted by Gasteiger charge is -2.18. The Morgan fingerprint density at radius 2 is 1.32 bits per heavy atom. The van der Waals surface area contributed by atoms with Crippen LogP contribution in [0.2, 0.25) is 6.04 Å². The summed E-state index contributed by atoms with van der Waals surface area (Å²) in [6.07, 6.45) is 0.711.